The second kappa shape index (κ2) is 4.64. The van der Waals surface area contributed by atoms with Crippen LogP contribution in [-0.4, -0.2) is 11.9 Å². The first-order valence-corrected chi connectivity index (χ1v) is 7.85. The van der Waals surface area contributed by atoms with E-state index in [4.69, 9.17) is 4.74 Å². The number of benzene rings is 1. The summed E-state index contributed by atoms with van der Waals surface area (Å²) in [4.78, 5) is 11.9. The zero-order valence-corrected chi connectivity index (χ0v) is 13.1. The van der Waals surface area contributed by atoms with Crippen LogP contribution < -0.4 is 4.74 Å². The number of halogens is 2. The van der Waals surface area contributed by atoms with Gasteiger partial charge in [-0.2, -0.15) is 0 Å². The molecule has 0 saturated heterocycles. The Hall–Kier alpha value is -0.350. The third kappa shape index (κ3) is 1.94. The predicted octanol–water partition coefficient (Wildman–Crippen LogP) is 4.49. The van der Waals surface area contributed by atoms with Crippen LogP contribution in [0.15, 0.2) is 27.1 Å². The summed E-state index contributed by atoms with van der Waals surface area (Å²) in [5.74, 6) is 1.24. The van der Waals surface area contributed by atoms with Gasteiger partial charge in [0.25, 0.3) is 0 Å². The smallest absolute Gasteiger partial charge is 0.146 e. The van der Waals surface area contributed by atoms with Gasteiger partial charge in [-0.25, -0.2) is 0 Å². The van der Waals surface area contributed by atoms with E-state index in [1.54, 1.807) is 0 Å². The summed E-state index contributed by atoms with van der Waals surface area (Å²) in [6.07, 6.45) is 4.97. The predicted molar refractivity (Wildman–Crippen MR) is 76.8 cm³/mol. The first kappa shape index (κ1) is 12.7. The summed E-state index contributed by atoms with van der Waals surface area (Å²) in [7, 11) is 0. The molecule has 2 saturated carbocycles. The Morgan fingerprint density at radius 1 is 1.22 bits per heavy atom. The van der Waals surface area contributed by atoms with E-state index in [2.05, 4.69) is 31.9 Å². The van der Waals surface area contributed by atoms with E-state index < -0.39 is 0 Å². The zero-order chi connectivity index (χ0) is 12.8. The van der Waals surface area contributed by atoms with Crippen LogP contribution in [0.2, 0.25) is 0 Å². The minimum absolute atomic E-state index is 0.0741. The Morgan fingerprint density at radius 2 is 1.94 bits per heavy atom. The Morgan fingerprint density at radius 3 is 2.56 bits per heavy atom. The van der Waals surface area contributed by atoms with Crippen molar-refractivity contribution in [3.63, 3.8) is 0 Å². The van der Waals surface area contributed by atoms with Crippen LogP contribution >= 0.6 is 31.9 Å². The molecule has 1 aromatic rings. The standard InChI is InChI=1S/C14H14Br2O2/c15-9-3-4-11(10(16)7-9)18-13-8-12(17)14(13)5-1-2-6-14/h3-4,7,13H,1-2,5-6,8H2. The average Bonchev–Trinajstić information content (AvgIpc) is 2.83. The number of hydrogen-bond donors (Lipinski definition) is 0. The van der Waals surface area contributed by atoms with E-state index >= 15 is 0 Å². The third-order valence-electron chi connectivity index (χ3n) is 4.20. The maximum absolute atomic E-state index is 11.9. The molecule has 2 aliphatic carbocycles. The van der Waals surface area contributed by atoms with Gasteiger partial charge in [-0.3, -0.25) is 4.79 Å². The first-order valence-electron chi connectivity index (χ1n) is 6.27. The van der Waals surface area contributed by atoms with Gasteiger partial charge in [0.1, 0.15) is 17.6 Å². The largest absolute Gasteiger partial charge is 0.488 e. The number of ether oxygens (including phenoxy) is 1. The first-order chi connectivity index (χ1) is 8.62. The van der Waals surface area contributed by atoms with E-state index in [0.29, 0.717) is 12.2 Å². The lowest BCUT2D eigenvalue weighted by Crippen LogP contribution is -2.55. The summed E-state index contributed by atoms with van der Waals surface area (Å²) >= 11 is 6.92. The zero-order valence-electron chi connectivity index (χ0n) is 9.92. The molecule has 4 heteroatoms. The van der Waals surface area contributed by atoms with Gasteiger partial charge < -0.3 is 4.74 Å². The lowest BCUT2D eigenvalue weighted by molar-refractivity contribution is -0.151. The van der Waals surface area contributed by atoms with Crippen LogP contribution in [0.25, 0.3) is 0 Å². The van der Waals surface area contributed by atoms with Crippen molar-refractivity contribution in [1.29, 1.82) is 0 Å². The number of Topliss-reactive ketones (excluding diaryl/α,β-unsaturated/α-hetero) is 1. The molecular weight excluding hydrogens is 360 g/mol. The normalized spacial score (nSPS) is 25.2. The molecule has 96 valence electrons. The summed E-state index contributed by atoms with van der Waals surface area (Å²) in [6.45, 7) is 0. The highest BCUT2D eigenvalue weighted by Gasteiger charge is 2.57. The second-order valence-electron chi connectivity index (χ2n) is 5.17. The van der Waals surface area contributed by atoms with Gasteiger partial charge in [0.2, 0.25) is 0 Å². The molecule has 2 nitrogen and oxygen atoms in total. The highest BCUT2D eigenvalue weighted by molar-refractivity contribution is 9.11. The van der Waals surface area contributed by atoms with Crippen molar-refractivity contribution in [1.82, 2.24) is 0 Å². The highest BCUT2D eigenvalue weighted by Crippen LogP contribution is 2.52. The molecule has 2 aliphatic rings. The molecule has 18 heavy (non-hydrogen) atoms. The number of hydrogen-bond acceptors (Lipinski definition) is 2. The van der Waals surface area contributed by atoms with E-state index in [0.717, 1.165) is 40.4 Å². The van der Waals surface area contributed by atoms with Gasteiger partial charge in [-0.1, -0.05) is 28.8 Å². The lowest BCUT2D eigenvalue weighted by atomic mass is 9.63. The summed E-state index contributed by atoms with van der Waals surface area (Å²) in [6, 6.07) is 5.87. The fourth-order valence-corrected chi connectivity index (χ4v) is 4.24. The number of carbonyl (C=O) groups excluding carboxylic acids is 1. The minimum Gasteiger partial charge on any atom is -0.488 e. The van der Waals surface area contributed by atoms with Gasteiger partial charge >= 0.3 is 0 Å². The maximum Gasteiger partial charge on any atom is 0.146 e. The molecule has 3 rings (SSSR count). The molecule has 1 spiro atoms. The number of ketones is 1. The van der Waals surface area contributed by atoms with E-state index in [1.807, 2.05) is 18.2 Å². The van der Waals surface area contributed by atoms with Gasteiger partial charge in [0, 0.05) is 10.9 Å². The van der Waals surface area contributed by atoms with E-state index in [9.17, 15) is 4.79 Å². The summed E-state index contributed by atoms with van der Waals surface area (Å²) in [5, 5.41) is 0. The average molecular weight is 374 g/mol. The Labute approximate surface area is 123 Å². The van der Waals surface area contributed by atoms with Crippen molar-refractivity contribution < 1.29 is 9.53 Å². The molecule has 0 amide bonds. The van der Waals surface area contributed by atoms with Gasteiger partial charge in [-0.15, -0.1) is 0 Å². The second-order valence-corrected chi connectivity index (χ2v) is 6.94. The molecule has 0 N–H and O–H groups in total. The van der Waals surface area contributed by atoms with Gasteiger partial charge in [0.05, 0.1) is 9.89 Å². The van der Waals surface area contributed by atoms with Crippen LogP contribution in [0, 0.1) is 5.41 Å². The molecule has 0 heterocycles. The Balaban J connectivity index is 1.79. The maximum atomic E-state index is 11.9. The fourth-order valence-electron chi connectivity index (χ4n) is 3.10. The minimum atomic E-state index is -0.160. The summed E-state index contributed by atoms with van der Waals surface area (Å²) < 4.78 is 8.01. The van der Waals surface area contributed by atoms with Crippen molar-refractivity contribution in [3.05, 3.63) is 27.1 Å². The molecular formula is C14H14Br2O2. The molecule has 1 atom stereocenters. The van der Waals surface area contributed by atoms with Crippen molar-refractivity contribution in [2.24, 2.45) is 5.41 Å². The number of rotatable bonds is 2. The van der Waals surface area contributed by atoms with Crippen molar-refractivity contribution >= 4 is 37.6 Å². The van der Waals surface area contributed by atoms with E-state index in [-0.39, 0.29) is 11.5 Å². The molecule has 0 aromatic heterocycles. The molecule has 0 aliphatic heterocycles. The van der Waals surface area contributed by atoms with Crippen LogP contribution in [0.5, 0.6) is 5.75 Å². The fraction of sp³-hybridized carbons (Fsp3) is 0.500. The molecule has 0 bridgehead atoms. The SMILES string of the molecule is O=C1CC(Oc2ccc(Br)cc2Br)C12CCCC2. The van der Waals surface area contributed by atoms with Gasteiger partial charge in [0.15, 0.2) is 0 Å². The molecule has 1 aromatic carbocycles. The lowest BCUT2D eigenvalue weighted by Gasteiger charge is -2.44. The van der Waals surface area contributed by atoms with Crippen molar-refractivity contribution in [2.75, 3.05) is 0 Å². The van der Waals surface area contributed by atoms with Crippen molar-refractivity contribution in [3.8, 4) is 5.75 Å². The van der Waals surface area contributed by atoms with Crippen LogP contribution in [0.3, 0.4) is 0 Å². The Bertz CT molecular complexity index is 493. The number of carbonyl (C=O) groups is 1. The quantitative estimate of drug-likeness (QED) is 0.763. The van der Waals surface area contributed by atoms with E-state index in [1.165, 1.54) is 0 Å². The Kier molecular flexibility index (Phi) is 3.27. The van der Waals surface area contributed by atoms with Crippen LogP contribution in [0.4, 0.5) is 0 Å². The monoisotopic (exact) mass is 372 g/mol. The van der Waals surface area contributed by atoms with Crippen LogP contribution in [0.1, 0.15) is 32.1 Å². The van der Waals surface area contributed by atoms with Crippen molar-refractivity contribution in [2.45, 2.75) is 38.2 Å². The summed E-state index contributed by atoms with van der Waals surface area (Å²) in [5.41, 5.74) is -0.160. The molecule has 1 unspecified atom stereocenters. The van der Waals surface area contributed by atoms with Gasteiger partial charge in [-0.05, 0) is 47.0 Å². The van der Waals surface area contributed by atoms with Crippen LogP contribution in [-0.2, 0) is 4.79 Å². The highest BCUT2D eigenvalue weighted by atomic mass is 79.9. The molecule has 2 fully saturated rings. The third-order valence-corrected chi connectivity index (χ3v) is 5.31. The topological polar surface area (TPSA) is 26.3 Å². The molecule has 0 radical (unpaired) electrons.